The SMILES string of the molecule is CN(C)C1(CNC(=O)Oc2ccccc2)CCC1. The van der Waals surface area contributed by atoms with Gasteiger partial charge in [0.25, 0.3) is 0 Å². The summed E-state index contributed by atoms with van der Waals surface area (Å²) >= 11 is 0. The van der Waals surface area contributed by atoms with Crippen LogP contribution in [-0.2, 0) is 0 Å². The molecular formula is C14H20N2O2. The molecule has 1 amide bonds. The van der Waals surface area contributed by atoms with Gasteiger partial charge in [0.1, 0.15) is 5.75 Å². The maximum absolute atomic E-state index is 11.7. The highest BCUT2D eigenvalue weighted by Crippen LogP contribution is 2.35. The Balaban J connectivity index is 1.82. The van der Waals surface area contributed by atoms with Crippen LogP contribution in [0.2, 0.25) is 0 Å². The lowest BCUT2D eigenvalue weighted by molar-refractivity contribution is 0.0604. The Morgan fingerprint density at radius 2 is 2.00 bits per heavy atom. The molecule has 4 heteroatoms. The monoisotopic (exact) mass is 248 g/mol. The number of rotatable bonds is 4. The number of hydrogen-bond donors (Lipinski definition) is 1. The number of ether oxygens (including phenoxy) is 1. The zero-order valence-electron chi connectivity index (χ0n) is 11.0. The van der Waals surface area contributed by atoms with Gasteiger partial charge in [-0.3, -0.25) is 0 Å². The molecule has 0 saturated heterocycles. The third kappa shape index (κ3) is 2.82. The first-order valence-corrected chi connectivity index (χ1v) is 6.31. The van der Waals surface area contributed by atoms with Crippen LogP contribution in [0.3, 0.4) is 0 Å². The molecule has 1 N–H and O–H groups in total. The maximum Gasteiger partial charge on any atom is 0.412 e. The lowest BCUT2D eigenvalue weighted by atomic mass is 9.75. The minimum Gasteiger partial charge on any atom is -0.410 e. The van der Waals surface area contributed by atoms with Crippen molar-refractivity contribution in [3.63, 3.8) is 0 Å². The molecule has 0 spiro atoms. The molecule has 1 aliphatic carbocycles. The molecule has 1 saturated carbocycles. The summed E-state index contributed by atoms with van der Waals surface area (Å²) in [6.07, 6.45) is 3.11. The number of carbonyl (C=O) groups excluding carboxylic acids is 1. The van der Waals surface area contributed by atoms with Gasteiger partial charge in [-0.25, -0.2) is 4.79 Å². The molecule has 0 aromatic heterocycles. The second kappa shape index (κ2) is 5.40. The van der Waals surface area contributed by atoms with Gasteiger partial charge in [0.2, 0.25) is 0 Å². The predicted octanol–water partition coefficient (Wildman–Crippen LogP) is 2.26. The molecule has 0 heterocycles. The van der Waals surface area contributed by atoms with Crippen LogP contribution in [0.1, 0.15) is 19.3 Å². The Hall–Kier alpha value is -1.55. The van der Waals surface area contributed by atoms with Gasteiger partial charge in [-0.15, -0.1) is 0 Å². The number of nitrogens with zero attached hydrogens (tertiary/aromatic N) is 1. The van der Waals surface area contributed by atoms with Crippen LogP contribution in [0, 0.1) is 0 Å². The molecule has 4 nitrogen and oxygen atoms in total. The summed E-state index contributed by atoms with van der Waals surface area (Å²) < 4.78 is 5.19. The van der Waals surface area contributed by atoms with Crippen LogP contribution in [0.5, 0.6) is 5.75 Å². The van der Waals surface area contributed by atoms with Crippen molar-refractivity contribution in [3.8, 4) is 5.75 Å². The van der Waals surface area contributed by atoms with Crippen molar-refractivity contribution < 1.29 is 9.53 Å². The Labute approximate surface area is 108 Å². The quantitative estimate of drug-likeness (QED) is 0.888. The van der Waals surface area contributed by atoms with E-state index < -0.39 is 0 Å². The van der Waals surface area contributed by atoms with Crippen molar-refractivity contribution in [3.05, 3.63) is 30.3 Å². The Kier molecular flexibility index (Phi) is 3.87. The highest BCUT2D eigenvalue weighted by molar-refractivity contribution is 5.70. The maximum atomic E-state index is 11.7. The summed E-state index contributed by atoms with van der Waals surface area (Å²) in [4.78, 5) is 13.9. The molecule has 18 heavy (non-hydrogen) atoms. The van der Waals surface area contributed by atoms with Gasteiger partial charge >= 0.3 is 6.09 Å². The van der Waals surface area contributed by atoms with E-state index in [-0.39, 0.29) is 11.6 Å². The van der Waals surface area contributed by atoms with Gasteiger partial charge < -0.3 is 15.0 Å². The van der Waals surface area contributed by atoms with Crippen LogP contribution in [-0.4, -0.2) is 37.2 Å². The molecule has 0 radical (unpaired) electrons. The number of carbonyl (C=O) groups is 1. The standard InChI is InChI=1S/C14H20N2O2/c1-16(2)14(9-6-10-14)11-15-13(17)18-12-7-4-3-5-8-12/h3-5,7-8H,6,9-11H2,1-2H3,(H,15,17). The first kappa shape index (κ1) is 12.9. The van der Waals surface area contributed by atoms with E-state index >= 15 is 0 Å². The van der Waals surface area contributed by atoms with Crippen molar-refractivity contribution in [2.75, 3.05) is 20.6 Å². The fourth-order valence-corrected chi connectivity index (χ4v) is 2.24. The van der Waals surface area contributed by atoms with Gasteiger partial charge in [0.05, 0.1) is 0 Å². The van der Waals surface area contributed by atoms with Crippen molar-refractivity contribution in [2.45, 2.75) is 24.8 Å². The van der Waals surface area contributed by atoms with Crippen LogP contribution < -0.4 is 10.1 Å². The number of para-hydroxylation sites is 1. The molecule has 1 aromatic rings. The van der Waals surface area contributed by atoms with Gasteiger partial charge in [-0.2, -0.15) is 0 Å². The third-order valence-electron chi connectivity index (χ3n) is 3.75. The zero-order chi connectivity index (χ0) is 13.0. The molecule has 2 rings (SSSR count). The van der Waals surface area contributed by atoms with Gasteiger partial charge in [-0.1, -0.05) is 18.2 Å². The van der Waals surface area contributed by atoms with E-state index in [9.17, 15) is 4.79 Å². The second-order valence-electron chi connectivity index (χ2n) is 5.03. The average Bonchev–Trinajstić information content (AvgIpc) is 2.28. The van der Waals surface area contributed by atoms with Crippen molar-refractivity contribution in [1.29, 1.82) is 0 Å². The fraction of sp³-hybridized carbons (Fsp3) is 0.500. The van der Waals surface area contributed by atoms with Crippen molar-refractivity contribution in [1.82, 2.24) is 10.2 Å². The third-order valence-corrected chi connectivity index (χ3v) is 3.75. The Morgan fingerprint density at radius 3 is 2.50 bits per heavy atom. The summed E-state index contributed by atoms with van der Waals surface area (Å²) in [6, 6.07) is 9.11. The molecule has 0 atom stereocenters. The molecule has 1 fully saturated rings. The van der Waals surface area contributed by atoms with E-state index in [1.165, 1.54) is 6.42 Å². The molecule has 98 valence electrons. The zero-order valence-corrected chi connectivity index (χ0v) is 11.0. The van der Waals surface area contributed by atoms with Crippen LogP contribution in [0.15, 0.2) is 30.3 Å². The predicted molar refractivity (Wildman–Crippen MR) is 70.7 cm³/mol. The van der Waals surface area contributed by atoms with Crippen molar-refractivity contribution in [2.24, 2.45) is 0 Å². The highest BCUT2D eigenvalue weighted by Gasteiger charge is 2.39. The van der Waals surface area contributed by atoms with Gasteiger partial charge in [0.15, 0.2) is 0 Å². The summed E-state index contributed by atoms with van der Waals surface area (Å²) in [5.74, 6) is 0.572. The van der Waals surface area contributed by atoms with E-state index in [0.29, 0.717) is 12.3 Å². The van der Waals surface area contributed by atoms with E-state index in [4.69, 9.17) is 4.74 Å². The Morgan fingerprint density at radius 1 is 1.33 bits per heavy atom. The van der Waals surface area contributed by atoms with Crippen LogP contribution >= 0.6 is 0 Å². The van der Waals surface area contributed by atoms with Crippen molar-refractivity contribution >= 4 is 6.09 Å². The number of benzene rings is 1. The fourth-order valence-electron chi connectivity index (χ4n) is 2.24. The number of amides is 1. The molecule has 0 aliphatic heterocycles. The molecule has 0 unspecified atom stereocenters. The average molecular weight is 248 g/mol. The minimum atomic E-state index is -0.380. The van der Waals surface area contributed by atoms with E-state index in [1.807, 2.05) is 18.2 Å². The number of hydrogen-bond acceptors (Lipinski definition) is 3. The number of likely N-dealkylation sites (N-methyl/N-ethyl adjacent to an activating group) is 1. The minimum absolute atomic E-state index is 0.121. The summed E-state index contributed by atoms with van der Waals surface area (Å²) in [6.45, 7) is 0.645. The van der Waals surface area contributed by atoms with E-state index in [0.717, 1.165) is 12.8 Å². The lowest BCUT2D eigenvalue weighted by Crippen LogP contribution is -2.57. The van der Waals surface area contributed by atoms with E-state index in [2.05, 4.69) is 24.3 Å². The summed E-state index contributed by atoms with van der Waals surface area (Å²) in [5.41, 5.74) is 0.121. The number of nitrogens with one attached hydrogen (secondary N) is 1. The van der Waals surface area contributed by atoms with Gasteiger partial charge in [-0.05, 0) is 45.5 Å². The van der Waals surface area contributed by atoms with Gasteiger partial charge in [0, 0.05) is 12.1 Å². The first-order valence-electron chi connectivity index (χ1n) is 6.31. The van der Waals surface area contributed by atoms with Crippen LogP contribution in [0.25, 0.3) is 0 Å². The molecular weight excluding hydrogens is 228 g/mol. The second-order valence-corrected chi connectivity index (χ2v) is 5.03. The smallest absolute Gasteiger partial charge is 0.410 e. The summed E-state index contributed by atoms with van der Waals surface area (Å²) in [5, 5.41) is 2.85. The van der Waals surface area contributed by atoms with Crippen LogP contribution in [0.4, 0.5) is 4.79 Å². The molecule has 0 bridgehead atoms. The highest BCUT2D eigenvalue weighted by atomic mass is 16.6. The summed E-state index contributed by atoms with van der Waals surface area (Å²) in [7, 11) is 4.12. The Bertz CT molecular complexity index is 400. The first-order chi connectivity index (χ1) is 8.62. The lowest BCUT2D eigenvalue weighted by Gasteiger charge is -2.47. The largest absolute Gasteiger partial charge is 0.412 e. The normalized spacial score (nSPS) is 17.1. The molecule has 1 aliphatic rings. The topological polar surface area (TPSA) is 41.6 Å². The molecule has 1 aromatic carbocycles. The van der Waals surface area contributed by atoms with E-state index in [1.54, 1.807) is 12.1 Å².